The molecule has 0 bridgehead atoms. The van der Waals surface area contributed by atoms with Crippen molar-refractivity contribution in [2.24, 2.45) is 5.41 Å². The predicted octanol–water partition coefficient (Wildman–Crippen LogP) is 2.64. The molecular formula is C18H27NO5. The summed E-state index contributed by atoms with van der Waals surface area (Å²) < 4.78 is 10.1. The van der Waals surface area contributed by atoms with Gasteiger partial charge in [0, 0.05) is 12.6 Å². The molecule has 1 aromatic carbocycles. The predicted molar refractivity (Wildman–Crippen MR) is 90.3 cm³/mol. The molecule has 1 rings (SSSR count). The Bertz CT molecular complexity index is 515. The Balaban J connectivity index is 2.65. The van der Waals surface area contributed by atoms with E-state index in [0.717, 1.165) is 5.56 Å². The summed E-state index contributed by atoms with van der Waals surface area (Å²) in [6.45, 7) is 3.68. The number of aliphatic hydroxyl groups excluding tert-OH is 1. The number of methoxy groups -OCH3 is 1. The smallest absolute Gasteiger partial charge is 0.407 e. The Kier molecular flexibility index (Phi) is 8.26. The van der Waals surface area contributed by atoms with Crippen LogP contribution < -0.4 is 5.32 Å². The zero-order chi connectivity index (χ0) is 18.0. The topological polar surface area (TPSA) is 84.9 Å². The van der Waals surface area contributed by atoms with Crippen molar-refractivity contribution >= 4 is 12.1 Å². The van der Waals surface area contributed by atoms with Crippen LogP contribution in [0.25, 0.3) is 0 Å². The van der Waals surface area contributed by atoms with Gasteiger partial charge < -0.3 is 19.9 Å². The number of hydrogen-bond donors (Lipinski definition) is 2. The minimum atomic E-state index is -0.893. The highest BCUT2D eigenvalue weighted by molar-refractivity contribution is 5.78. The maximum Gasteiger partial charge on any atom is 0.407 e. The zero-order valence-corrected chi connectivity index (χ0v) is 14.6. The second-order valence-electron chi connectivity index (χ2n) is 6.19. The van der Waals surface area contributed by atoms with Crippen molar-refractivity contribution in [3.05, 3.63) is 35.9 Å². The quantitative estimate of drug-likeness (QED) is 0.534. The number of nitrogens with one attached hydrogen (secondary N) is 1. The van der Waals surface area contributed by atoms with E-state index in [1.54, 1.807) is 13.8 Å². The number of carbonyl (C=O) groups excluding carboxylic acids is 2. The van der Waals surface area contributed by atoms with E-state index in [0.29, 0.717) is 19.3 Å². The maximum absolute atomic E-state index is 12.1. The number of alkyl carbamates (subject to hydrolysis) is 1. The molecular weight excluding hydrogens is 310 g/mol. The van der Waals surface area contributed by atoms with Gasteiger partial charge in [-0.3, -0.25) is 4.79 Å². The Hall–Kier alpha value is -2.08. The minimum absolute atomic E-state index is 0.0732. The van der Waals surface area contributed by atoms with Crippen LogP contribution in [0.5, 0.6) is 0 Å². The molecule has 1 atom stereocenters. The number of carbonyl (C=O) groups is 2. The molecule has 134 valence electrons. The Morgan fingerprint density at radius 3 is 2.46 bits per heavy atom. The first-order valence-electron chi connectivity index (χ1n) is 8.08. The lowest BCUT2D eigenvalue weighted by molar-refractivity contribution is -0.152. The number of benzene rings is 1. The van der Waals surface area contributed by atoms with Crippen LogP contribution >= 0.6 is 0 Å². The van der Waals surface area contributed by atoms with Crippen LogP contribution in [0.2, 0.25) is 0 Å². The lowest BCUT2D eigenvalue weighted by atomic mass is 9.81. The van der Waals surface area contributed by atoms with E-state index in [9.17, 15) is 9.59 Å². The average molecular weight is 337 g/mol. The van der Waals surface area contributed by atoms with E-state index in [2.05, 4.69) is 5.32 Å². The highest BCUT2D eigenvalue weighted by Gasteiger charge is 2.38. The molecule has 1 aromatic rings. The van der Waals surface area contributed by atoms with Gasteiger partial charge in [0.15, 0.2) is 0 Å². The molecule has 24 heavy (non-hydrogen) atoms. The molecule has 0 aromatic heterocycles. The van der Waals surface area contributed by atoms with Gasteiger partial charge in [-0.1, -0.05) is 30.3 Å². The molecule has 0 aliphatic carbocycles. The lowest BCUT2D eigenvalue weighted by Gasteiger charge is -2.32. The number of hydrogen-bond acceptors (Lipinski definition) is 5. The van der Waals surface area contributed by atoms with Gasteiger partial charge in [-0.2, -0.15) is 0 Å². The third-order valence-corrected chi connectivity index (χ3v) is 3.99. The lowest BCUT2D eigenvalue weighted by Crippen LogP contribution is -2.49. The van der Waals surface area contributed by atoms with Crippen LogP contribution in [0, 0.1) is 5.41 Å². The van der Waals surface area contributed by atoms with Gasteiger partial charge in [-0.15, -0.1) is 0 Å². The minimum Gasteiger partial charge on any atom is -0.469 e. The molecule has 0 aliphatic rings. The third kappa shape index (κ3) is 6.20. The summed E-state index contributed by atoms with van der Waals surface area (Å²) in [6.07, 6.45) is 1.25. The molecule has 6 nitrogen and oxygen atoms in total. The zero-order valence-electron chi connectivity index (χ0n) is 14.6. The number of unbranched alkanes of at least 4 members (excludes halogenated alkanes) is 1. The number of ether oxygens (including phenoxy) is 2. The molecule has 1 unspecified atom stereocenters. The molecule has 0 saturated carbocycles. The SMILES string of the molecule is COC(=O)C(C)(C)C(CCCCO)NC(=O)OCc1ccccc1. The number of rotatable bonds is 9. The fourth-order valence-electron chi connectivity index (χ4n) is 2.39. The van der Waals surface area contributed by atoms with Crippen LogP contribution in [-0.4, -0.2) is 36.9 Å². The van der Waals surface area contributed by atoms with E-state index in [1.807, 2.05) is 30.3 Å². The van der Waals surface area contributed by atoms with Gasteiger partial charge in [-0.25, -0.2) is 4.79 Å². The van der Waals surface area contributed by atoms with Gasteiger partial charge in [0.2, 0.25) is 0 Å². The molecule has 0 fully saturated rings. The summed E-state index contributed by atoms with van der Waals surface area (Å²) in [5, 5.41) is 11.7. The third-order valence-electron chi connectivity index (χ3n) is 3.99. The van der Waals surface area contributed by atoms with E-state index < -0.39 is 23.5 Å². The first-order valence-corrected chi connectivity index (χ1v) is 8.08. The molecule has 0 spiro atoms. The molecule has 0 aliphatic heterocycles. The summed E-state index contributed by atoms with van der Waals surface area (Å²) in [4.78, 5) is 24.1. The first-order chi connectivity index (χ1) is 11.4. The molecule has 6 heteroatoms. The van der Waals surface area contributed by atoms with Crippen molar-refractivity contribution in [1.82, 2.24) is 5.32 Å². The summed E-state index contributed by atoms with van der Waals surface area (Å²) in [6, 6.07) is 8.91. The van der Waals surface area contributed by atoms with Gasteiger partial charge in [0.05, 0.1) is 12.5 Å². The van der Waals surface area contributed by atoms with Crippen LogP contribution in [0.3, 0.4) is 0 Å². The maximum atomic E-state index is 12.1. The molecule has 0 saturated heterocycles. The van der Waals surface area contributed by atoms with Crippen LogP contribution in [0.4, 0.5) is 4.79 Å². The van der Waals surface area contributed by atoms with Crippen molar-refractivity contribution in [3.8, 4) is 0 Å². The second kappa shape index (κ2) is 9.93. The van der Waals surface area contributed by atoms with Gasteiger partial charge in [-0.05, 0) is 38.7 Å². The highest BCUT2D eigenvalue weighted by atomic mass is 16.5. The molecule has 0 radical (unpaired) electrons. The van der Waals surface area contributed by atoms with E-state index in [1.165, 1.54) is 7.11 Å². The fraction of sp³-hybridized carbons (Fsp3) is 0.556. The Morgan fingerprint density at radius 2 is 1.88 bits per heavy atom. The highest BCUT2D eigenvalue weighted by Crippen LogP contribution is 2.26. The van der Waals surface area contributed by atoms with Crippen molar-refractivity contribution < 1.29 is 24.2 Å². The largest absolute Gasteiger partial charge is 0.469 e. The van der Waals surface area contributed by atoms with Crippen LogP contribution in [-0.2, 0) is 20.9 Å². The number of esters is 1. The molecule has 2 N–H and O–H groups in total. The summed E-state index contributed by atoms with van der Waals surface area (Å²) in [5.74, 6) is -0.403. The van der Waals surface area contributed by atoms with E-state index in [-0.39, 0.29) is 13.2 Å². The monoisotopic (exact) mass is 337 g/mol. The molecule has 1 amide bonds. The van der Waals surface area contributed by atoms with Crippen molar-refractivity contribution in [2.45, 2.75) is 45.8 Å². The first kappa shape index (κ1) is 20.0. The van der Waals surface area contributed by atoms with Crippen molar-refractivity contribution in [3.63, 3.8) is 0 Å². The fourth-order valence-corrected chi connectivity index (χ4v) is 2.39. The number of aliphatic hydroxyl groups is 1. The summed E-state index contributed by atoms with van der Waals surface area (Å²) >= 11 is 0. The van der Waals surface area contributed by atoms with Crippen LogP contribution in [0.15, 0.2) is 30.3 Å². The Labute approximate surface area is 143 Å². The van der Waals surface area contributed by atoms with Crippen molar-refractivity contribution in [2.75, 3.05) is 13.7 Å². The average Bonchev–Trinajstić information content (AvgIpc) is 2.59. The summed E-state index contributed by atoms with van der Waals surface area (Å²) in [7, 11) is 1.32. The normalized spacial score (nSPS) is 12.3. The number of amides is 1. The van der Waals surface area contributed by atoms with Crippen LogP contribution in [0.1, 0.15) is 38.7 Å². The van der Waals surface area contributed by atoms with Crippen molar-refractivity contribution in [1.29, 1.82) is 0 Å². The van der Waals surface area contributed by atoms with Gasteiger partial charge >= 0.3 is 12.1 Å². The van der Waals surface area contributed by atoms with Gasteiger partial charge in [0.25, 0.3) is 0 Å². The Morgan fingerprint density at radius 1 is 1.21 bits per heavy atom. The van der Waals surface area contributed by atoms with E-state index >= 15 is 0 Å². The van der Waals surface area contributed by atoms with Gasteiger partial charge in [0.1, 0.15) is 6.61 Å². The second-order valence-corrected chi connectivity index (χ2v) is 6.19. The summed E-state index contributed by atoms with van der Waals surface area (Å²) in [5.41, 5.74) is -0.00704. The standard InChI is InChI=1S/C18H27NO5/c1-18(2,16(21)23-3)15(11-7-8-12-20)19-17(22)24-13-14-9-5-4-6-10-14/h4-6,9-10,15,20H,7-8,11-13H2,1-3H3,(H,19,22). The van der Waals surface area contributed by atoms with E-state index in [4.69, 9.17) is 14.6 Å². The molecule has 0 heterocycles.